The van der Waals surface area contributed by atoms with Gasteiger partial charge in [-0.25, -0.2) is 9.78 Å². The Morgan fingerprint density at radius 1 is 1.69 bits per heavy atom. The van der Waals surface area contributed by atoms with Crippen LogP contribution in [0.5, 0.6) is 0 Å². The summed E-state index contributed by atoms with van der Waals surface area (Å²) in [5.74, 6) is 0.0304. The number of hydrogen-bond donors (Lipinski definition) is 1. The Labute approximate surface area is 76.6 Å². The molecule has 1 N–H and O–H groups in total. The summed E-state index contributed by atoms with van der Waals surface area (Å²) in [6, 6.07) is 0. The number of carboxylic acids is 1. The molecule has 0 aromatic carbocycles. The molecule has 4 nitrogen and oxygen atoms in total. The first-order valence-electron chi connectivity index (χ1n) is 4.26. The molecule has 0 radical (unpaired) electrons. The maximum atomic E-state index is 10.6. The second-order valence-electron chi connectivity index (χ2n) is 3.07. The fourth-order valence-electron chi connectivity index (χ4n) is 1.00. The van der Waals surface area contributed by atoms with Crippen molar-refractivity contribution in [2.45, 2.75) is 33.1 Å². The Balaban J connectivity index is 3.01. The number of hydrogen-bond acceptors (Lipinski definition) is 3. The van der Waals surface area contributed by atoms with Crippen molar-refractivity contribution >= 4 is 5.97 Å². The van der Waals surface area contributed by atoms with Crippen LogP contribution in [0.1, 0.15) is 48.3 Å². The van der Waals surface area contributed by atoms with Crippen molar-refractivity contribution in [3.63, 3.8) is 0 Å². The van der Waals surface area contributed by atoms with Crippen LogP contribution in [0.2, 0.25) is 0 Å². The minimum Gasteiger partial charge on any atom is -0.476 e. The van der Waals surface area contributed by atoms with Crippen LogP contribution in [-0.2, 0) is 0 Å². The lowest BCUT2D eigenvalue weighted by Gasteiger charge is -1.99. The van der Waals surface area contributed by atoms with E-state index in [4.69, 9.17) is 9.52 Å². The van der Waals surface area contributed by atoms with Crippen LogP contribution in [-0.4, -0.2) is 16.1 Å². The van der Waals surface area contributed by atoms with Gasteiger partial charge in [-0.15, -0.1) is 0 Å². The van der Waals surface area contributed by atoms with E-state index >= 15 is 0 Å². The Bertz CT molecular complexity index is 317. The smallest absolute Gasteiger partial charge is 0.358 e. The minimum absolute atomic E-state index is 0.0234. The summed E-state index contributed by atoms with van der Waals surface area (Å²) < 4.78 is 5.24. The van der Waals surface area contributed by atoms with Crippen molar-refractivity contribution in [1.82, 2.24) is 4.98 Å². The van der Waals surface area contributed by atoms with Gasteiger partial charge in [-0.3, -0.25) is 0 Å². The van der Waals surface area contributed by atoms with Gasteiger partial charge in [0, 0.05) is 5.92 Å². The highest BCUT2D eigenvalue weighted by molar-refractivity contribution is 5.86. The molecule has 0 aliphatic carbocycles. The van der Waals surface area contributed by atoms with Gasteiger partial charge in [0.25, 0.3) is 0 Å². The molecule has 1 atom stereocenters. The van der Waals surface area contributed by atoms with E-state index in [0.717, 1.165) is 6.42 Å². The maximum Gasteiger partial charge on any atom is 0.358 e. The predicted molar refractivity (Wildman–Crippen MR) is 46.9 cm³/mol. The standard InChI is InChI=1S/C9H13NO3/c1-4-5(2)8-10-7(9(11)12)6(3)13-8/h5H,4H2,1-3H3,(H,11,12). The van der Waals surface area contributed by atoms with Gasteiger partial charge in [0.2, 0.25) is 0 Å². The summed E-state index contributed by atoms with van der Waals surface area (Å²) in [7, 11) is 0. The first-order chi connectivity index (χ1) is 6.06. The predicted octanol–water partition coefficient (Wildman–Crippen LogP) is 2.19. The number of carboxylic acid groups (broad SMARTS) is 1. The molecule has 1 aromatic heterocycles. The number of nitrogens with zero attached hydrogens (tertiary/aromatic N) is 1. The van der Waals surface area contributed by atoms with Crippen molar-refractivity contribution < 1.29 is 14.3 Å². The summed E-state index contributed by atoms with van der Waals surface area (Å²) in [5.41, 5.74) is 0.0234. The average Bonchev–Trinajstić information content (AvgIpc) is 2.46. The Morgan fingerprint density at radius 2 is 2.31 bits per heavy atom. The van der Waals surface area contributed by atoms with Crippen molar-refractivity contribution in [1.29, 1.82) is 0 Å². The fourth-order valence-corrected chi connectivity index (χ4v) is 1.00. The quantitative estimate of drug-likeness (QED) is 0.780. The molecule has 0 saturated heterocycles. The van der Waals surface area contributed by atoms with E-state index in [9.17, 15) is 4.79 Å². The maximum absolute atomic E-state index is 10.6. The van der Waals surface area contributed by atoms with Crippen molar-refractivity contribution in [2.75, 3.05) is 0 Å². The summed E-state index contributed by atoms with van der Waals surface area (Å²) in [6.45, 7) is 5.57. The molecule has 72 valence electrons. The van der Waals surface area contributed by atoms with Crippen LogP contribution in [0.25, 0.3) is 0 Å². The van der Waals surface area contributed by atoms with E-state index < -0.39 is 5.97 Å². The lowest BCUT2D eigenvalue weighted by molar-refractivity contribution is 0.0689. The summed E-state index contributed by atoms with van der Waals surface area (Å²) in [4.78, 5) is 14.5. The zero-order chi connectivity index (χ0) is 10.0. The number of rotatable bonds is 3. The third-order valence-corrected chi connectivity index (χ3v) is 2.05. The Kier molecular flexibility index (Phi) is 2.70. The summed E-state index contributed by atoms with van der Waals surface area (Å²) in [6.07, 6.45) is 0.888. The Hall–Kier alpha value is -1.32. The molecule has 0 fully saturated rings. The summed E-state index contributed by atoms with van der Waals surface area (Å²) >= 11 is 0. The number of oxazole rings is 1. The molecule has 4 heteroatoms. The largest absolute Gasteiger partial charge is 0.476 e. The van der Waals surface area contributed by atoms with E-state index in [1.165, 1.54) is 0 Å². The van der Waals surface area contributed by atoms with E-state index in [-0.39, 0.29) is 11.6 Å². The van der Waals surface area contributed by atoms with E-state index in [2.05, 4.69) is 4.98 Å². The lowest BCUT2D eigenvalue weighted by Crippen LogP contribution is -1.99. The lowest BCUT2D eigenvalue weighted by atomic mass is 10.1. The highest BCUT2D eigenvalue weighted by atomic mass is 16.4. The molecule has 1 unspecified atom stereocenters. The van der Waals surface area contributed by atoms with Crippen LogP contribution in [0, 0.1) is 6.92 Å². The Morgan fingerprint density at radius 3 is 2.69 bits per heavy atom. The van der Waals surface area contributed by atoms with E-state index in [1.807, 2.05) is 13.8 Å². The van der Waals surface area contributed by atoms with Gasteiger partial charge in [-0.1, -0.05) is 13.8 Å². The molecule has 0 amide bonds. The molecule has 1 aromatic rings. The molecule has 13 heavy (non-hydrogen) atoms. The van der Waals surface area contributed by atoms with Crippen molar-refractivity contribution in [3.8, 4) is 0 Å². The molecule has 1 heterocycles. The molecule has 0 bridgehead atoms. The highest BCUT2D eigenvalue weighted by Crippen LogP contribution is 2.20. The molecule has 0 saturated carbocycles. The molecule has 1 rings (SSSR count). The van der Waals surface area contributed by atoms with Gasteiger partial charge in [0.1, 0.15) is 5.76 Å². The fraction of sp³-hybridized carbons (Fsp3) is 0.556. The molecular formula is C9H13NO3. The van der Waals surface area contributed by atoms with Crippen LogP contribution in [0.3, 0.4) is 0 Å². The zero-order valence-electron chi connectivity index (χ0n) is 8.00. The number of aromatic carboxylic acids is 1. The molecule has 0 aliphatic heterocycles. The molecule has 0 aliphatic rings. The van der Waals surface area contributed by atoms with E-state index in [0.29, 0.717) is 11.7 Å². The van der Waals surface area contributed by atoms with Crippen LogP contribution in [0.4, 0.5) is 0 Å². The SMILES string of the molecule is CCC(C)c1nc(C(=O)O)c(C)o1. The highest BCUT2D eigenvalue weighted by Gasteiger charge is 2.18. The number of aromatic nitrogens is 1. The third-order valence-electron chi connectivity index (χ3n) is 2.05. The van der Waals surface area contributed by atoms with Gasteiger partial charge < -0.3 is 9.52 Å². The van der Waals surface area contributed by atoms with Gasteiger partial charge >= 0.3 is 5.97 Å². The topological polar surface area (TPSA) is 63.3 Å². The molecule has 0 spiro atoms. The van der Waals surface area contributed by atoms with Gasteiger partial charge in [-0.05, 0) is 13.3 Å². The molecular weight excluding hydrogens is 170 g/mol. The normalized spacial score (nSPS) is 12.8. The first-order valence-corrected chi connectivity index (χ1v) is 4.26. The van der Waals surface area contributed by atoms with Crippen LogP contribution >= 0.6 is 0 Å². The van der Waals surface area contributed by atoms with Gasteiger partial charge in [0.05, 0.1) is 0 Å². The summed E-state index contributed by atoms with van der Waals surface area (Å²) in [5, 5.41) is 8.71. The average molecular weight is 183 g/mol. The van der Waals surface area contributed by atoms with Gasteiger partial charge in [-0.2, -0.15) is 0 Å². The van der Waals surface area contributed by atoms with Crippen LogP contribution in [0.15, 0.2) is 4.42 Å². The second kappa shape index (κ2) is 3.60. The van der Waals surface area contributed by atoms with Crippen LogP contribution < -0.4 is 0 Å². The van der Waals surface area contributed by atoms with Crippen molar-refractivity contribution in [2.24, 2.45) is 0 Å². The first kappa shape index (κ1) is 9.77. The second-order valence-corrected chi connectivity index (χ2v) is 3.07. The number of aryl methyl sites for hydroxylation is 1. The minimum atomic E-state index is -1.03. The third kappa shape index (κ3) is 1.88. The monoisotopic (exact) mass is 183 g/mol. The van der Waals surface area contributed by atoms with E-state index in [1.54, 1.807) is 6.92 Å². The zero-order valence-corrected chi connectivity index (χ0v) is 8.00. The van der Waals surface area contributed by atoms with Gasteiger partial charge in [0.15, 0.2) is 11.6 Å². The number of carbonyl (C=O) groups is 1. The van der Waals surface area contributed by atoms with Crippen molar-refractivity contribution in [3.05, 3.63) is 17.3 Å².